The Bertz CT molecular complexity index is 329. The number of hydrogen-bond acceptors (Lipinski definition) is 1. The lowest BCUT2D eigenvalue weighted by Gasteiger charge is -2.24. The van der Waals surface area contributed by atoms with Gasteiger partial charge in [0.15, 0.2) is 0 Å². The molecule has 0 spiro atoms. The first-order valence-corrected chi connectivity index (χ1v) is 7.13. The predicted molar refractivity (Wildman–Crippen MR) is 70.8 cm³/mol. The number of alkyl halides is 3. The Labute approximate surface area is 113 Å². The van der Waals surface area contributed by atoms with Crippen LogP contribution in [0.15, 0.2) is 23.5 Å². The lowest BCUT2D eigenvalue weighted by molar-refractivity contribution is -0.0907. The molecule has 0 amide bonds. The number of allylic oxidation sites excluding steroid dienone is 3. The van der Waals surface area contributed by atoms with Gasteiger partial charge in [-0.15, -0.1) is 0 Å². The summed E-state index contributed by atoms with van der Waals surface area (Å²) < 4.78 is 44.0. The van der Waals surface area contributed by atoms with Crippen LogP contribution in [0.5, 0.6) is 0 Å². The summed E-state index contributed by atoms with van der Waals surface area (Å²) in [5.41, 5.74) is -0.553. The predicted octanol–water partition coefficient (Wildman–Crippen LogP) is 5.53. The summed E-state index contributed by atoms with van der Waals surface area (Å²) >= 11 is 0. The molecule has 0 saturated heterocycles. The maximum absolute atomic E-state index is 12.8. The van der Waals surface area contributed by atoms with E-state index in [1.165, 1.54) is 6.08 Å². The fourth-order valence-corrected chi connectivity index (χ4v) is 2.14. The summed E-state index contributed by atoms with van der Waals surface area (Å²) in [6, 6.07) is 0. The molecule has 0 bridgehead atoms. The third-order valence-corrected chi connectivity index (χ3v) is 3.16. The van der Waals surface area contributed by atoms with Gasteiger partial charge in [-0.2, -0.15) is 13.2 Å². The van der Waals surface area contributed by atoms with Crippen molar-refractivity contribution in [2.45, 2.75) is 71.1 Å². The summed E-state index contributed by atoms with van der Waals surface area (Å²) in [5.74, 6) is 0.490. The quantitative estimate of drug-likeness (QED) is 0.556. The van der Waals surface area contributed by atoms with E-state index in [4.69, 9.17) is 4.74 Å². The molecule has 0 fully saturated rings. The molecule has 1 rings (SSSR count). The summed E-state index contributed by atoms with van der Waals surface area (Å²) in [4.78, 5) is 0. The summed E-state index contributed by atoms with van der Waals surface area (Å²) in [6.07, 6.45) is 3.90. The minimum Gasteiger partial charge on any atom is -0.491 e. The molecular weight excluding hydrogens is 253 g/mol. The fourth-order valence-electron chi connectivity index (χ4n) is 2.14. The first-order chi connectivity index (χ1) is 8.97. The second-order valence-electron chi connectivity index (χ2n) is 4.99. The molecular formula is C15H23F3O. The van der Waals surface area contributed by atoms with Gasteiger partial charge in [-0.25, -0.2) is 0 Å². The van der Waals surface area contributed by atoms with Crippen molar-refractivity contribution in [3.63, 3.8) is 0 Å². The minimum atomic E-state index is -4.27. The van der Waals surface area contributed by atoms with E-state index < -0.39 is 17.9 Å². The summed E-state index contributed by atoms with van der Waals surface area (Å²) in [5, 5.41) is 0. The van der Waals surface area contributed by atoms with Gasteiger partial charge < -0.3 is 4.74 Å². The van der Waals surface area contributed by atoms with Crippen molar-refractivity contribution in [2.24, 2.45) is 0 Å². The molecule has 0 radical (unpaired) electrons. The van der Waals surface area contributed by atoms with Gasteiger partial charge in [0.25, 0.3) is 0 Å². The lowest BCUT2D eigenvalue weighted by Crippen LogP contribution is -2.21. The number of hydrogen-bond donors (Lipinski definition) is 0. The van der Waals surface area contributed by atoms with Crippen molar-refractivity contribution in [3.8, 4) is 0 Å². The highest BCUT2D eigenvalue weighted by Crippen LogP contribution is 2.33. The molecule has 0 N–H and O–H groups in total. The normalized spacial score (nSPS) is 19.7. The Kier molecular flexibility index (Phi) is 6.46. The van der Waals surface area contributed by atoms with E-state index in [1.807, 2.05) is 6.92 Å². The maximum atomic E-state index is 12.8. The zero-order valence-corrected chi connectivity index (χ0v) is 11.7. The van der Waals surface area contributed by atoms with Crippen LogP contribution in [0.2, 0.25) is 0 Å². The van der Waals surface area contributed by atoms with Crippen LogP contribution >= 0.6 is 0 Å². The van der Waals surface area contributed by atoms with Gasteiger partial charge >= 0.3 is 6.18 Å². The third kappa shape index (κ3) is 5.70. The molecule has 1 nitrogen and oxygen atoms in total. The Morgan fingerprint density at radius 1 is 1.11 bits per heavy atom. The average Bonchev–Trinajstić information content (AvgIpc) is 2.34. The monoisotopic (exact) mass is 276 g/mol. The van der Waals surface area contributed by atoms with Gasteiger partial charge in [0, 0.05) is 6.42 Å². The largest absolute Gasteiger partial charge is 0.491 e. The Morgan fingerprint density at radius 2 is 1.84 bits per heavy atom. The highest BCUT2D eigenvalue weighted by Gasteiger charge is 2.35. The van der Waals surface area contributed by atoms with Crippen molar-refractivity contribution in [2.75, 3.05) is 0 Å². The molecule has 0 saturated carbocycles. The second-order valence-corrected chi connectivity index (χ2v) is 4.99. The van der Waals surface area contributed by atoms with Gasteiger partial charge in [0.05, 0.1) is 11.3 Å². The number of rotatable bonds is 7. The van der Waals surface area contributed by atoms with E-state index in [-0.39, 0.29) is 0 Å². The fraction of sp³-hybridized carbons (Fsp3) is 0.733. The maximum Gasteiger partial charge on any atom is 0.416 e. The molecule has 110 valence electrons. The van der Waals surface area contributed by atoms with E-state index >= 15 is 0 Å². The van der Waals surface area contributed by atoms with E-state index in [2.05, 4.69) is 6.92 Å². The zero-order chi connectivity index (χ0) is 14.3. The van der Waals surface area contributed by atoms with Crippen LogP contribution in [0.3, 0.4) is 0 Å². The van der Waals surface area contributed by atoms with Crippen molar-refractivity contribution >= 4 is 0 Å². The molecule has 1 aliphatic rings. The van der Waals surface area contributed by atoms with Crippen LogP contribution in [-0.4, -0.2) is 12.3 Å². The third-order valence-electron chi connectivity index (χ3n) is 3.16. The average molecular weight is 276 g/mol. The SMILES string of the molecule is CCCCCCC1=CC(C(F)(F)F)=CC(CCC)O1. The Hall–Kier alpha value is -0.930. The number of halogens is 3. The highest BCUT2D eigenvalue weighted by atomic mass is 19.4. The molecule has 1 unspecified atom stereocenters. The van der Waals surface area contributed by atoms with Crippen LogP contribution in [0.4, 0.5) is 13.2 Å². The molecule has 0 aromatic carbocycles. The molecule has 1 aliphatic heterocycles. The highest BCUT2D eigenvalue weighted by molar-refractivity contribution is 5.30. The molecule has 1 atom stereocenters. The van der Waals surface area contributed by atoms with Gasteiger partial charge in [0.1, 0.15) is 6.10 Å². The van der Waals surface area contributed by atoms with E-state index in [1.54, 1.807) is 0 Å². The molecule has 0 aromatic heterocycles. The van der Waals surface area contributed by atoms with E-state index in [0.717, 1.165) is 38.2 Å². The smallest absolute Gasteiger partial charge is 0.416 e. The lowest BCUT2D eigenvalue weighted by atomic mass is 10.0. The minimum absolute atomic E-state index is 0.423. The van der Waals surface area contributed by atoms with E-state index in [0.29, 0.717) is 18.6 Å². The standard InChI is InChI=1S/C15H23F3O/c1-3-5-6-7-9-14-11-12(15(16,17)18)10-13(19-14)8-4-2/h10-11,13H,3-9H2,1-2H3. The van der Waals surface area contributed by atoms with E-state index in [9.17, 15) is 13.2 Å². The van der Waals surface area contributed by atoms with Crippen LogP contribution in [0.25, 0.3) is 0 Å². The van der Waals surface area contributed by atoms with Gasteiger partial charge in [-0.1, -0.05) is 39.5 Å². The Balaban J connectivity index is 2.64. The van der Waals surface area contributed by atoms with Crippen LogP contribution < -0.4 is 0 Å². The first-order valence-electron chi connectivity index (χ1n) is 7.13. The second kappa shape index (κ2) is 7.61. The summed E-state index contributed by atoms with van der Waals surface area (Å²) in [6.45, 7) is 4.06. The zero-order valence-electron chi connectivity index (χ0n) is 11.7. The number of ether oxygens (including phenoxy) is 1. The van der Waals surface area contributed by atoms with Crippen molar-refractivity contribution in [3.05, 3.63) is 23.5 Å². The molecule has 0 aliphatic carbocycles. The topological polar surface area (TPSA) is 9.23 Å². The Morgan fingerprint density at radius 3 is 2.42 bits per heavy atom. The van der Waals surface area contributed by atoms with Crippen molar-refractivity contribution in [1.82, 2.24) is 0 Å². The molecule has 0 aromatic rings. The molecule has 1 heterocycles. The van der Waals surface area contributed by atoms with Crippen molar-refractivity contribution < 1.29 is 17.9 Å². The first kappa shape index (κ1) is 16.1. The van der Waals surface area contributed by atoms with Gasteiger partial charge in [-0.05, 0) is 25.0 Å². The number of unbranched alkanes of at least 4 members (excludes halogenated alkanes) is 3. The van der Waals surface area contributed by atoms with Gasteiger partial charge in [0.2, 0.25) is 0 Å². The molecule has 4 heteroatoms. The van der Waals surface area contributed by atoms with Crippen LogP contribution in [0.1, 0.15) is 58.8 Å². The van der Waals surface area contributed by atoms with Gasteiger partial charge in [-0.3, -0.25) is 0 Å². The summed E-state index contributed by atoms with van der Waals surface area (Å²) in [7, 11) is 0. The van der Waals surface area contributed by atoms with Crippen LogP contribution in [-0.2, 0) is 4.74 Å². The van der Waals surface area contributed by atoms with Crippen molar-refractivity contribution in [1.29, 1.82) is 0 Å². The van der Waals surface area contributed by atoms with Crippen LogP contribution in [0, 0.1) is 0 Å². The molecule has 19 heavy (non-hydrogen) atoms.